The van der Waals surface area contributed by atoms with Crippen molar-refractivity contribution in [2.24, 2.45) is 4.99 Å². The molecule has 0 saturated carbocycles. The number of fused-ring (bicyclic) bond motifs is 1. The Hall–Kier alpha value is -1.64. The summed E-state index contributed by atoms with van der Waals surface area (Å²) in [6.45, 7) is 0. The van der Waals surface area contributed by atoms with E-state index in [0.717, 1.165) is 5.69 Å². The Morgan fingerprint density at radius 2 is 2.08 bits per heavy atom. The Balaban J connectivity index is 2.56. The van der Waals surface area contributed by atoms with E-state index in [9.17, 15) is 4.79 Å². The van der Waals surface area contributed by atoms with Crippen molar-refractivity contribution in [1.82, 2.24) is 0 Å². The smallest absolute Gasteiger partial charge is 0.229 e. The largest absolute Gasteiger partial charge is 0.337 e. The Bertz CT molecular complexity index is 369. The fourth-order valence-corrected chi connectivity index (χ4v) is 1.26. The number of carbonyl (C=O) groups is 1. The molecule has 0 unspecified atom stereocenters. The lowest BCUT2D eigenvalue weighted by Gasteiger charge is -1.93. The minimum absolute atomic E-state index is 0.0203. The number of ketones is 1. The highest BCUT2D eigenvalue weighted by Crippen LogP contribution is 2.21. The second kappa shape index (κ2) is 2.44. The van der Waals surface area contributed by atoms with Crippen molar-refractivity contribution in [1.29, 1.82) is 0 Å². The highest BCUT2D eigenvalue weighted by Gasteiger charge is 2.24. The quantitative estimate of drug-likeness (QED) is 0.622. The van der Waals surface area contributed by atoms with E-state index in [1.807, 2.05) is 18.2 Å². The van der Waals surface area contributed by atoms with Crippen LogP contribution < -0.4 is 5.32 Å². The average molecular weight is 160 g/mol. The molecule has 0 spiro atoms. The van der Waals surface area contributed by atoms with Crippen molar-refractivity contribution in [2.45, 2.75) is 0 Å². The first-order valence-electron chi connectivity index (χ1n) is 3.70. The van der Waals surface area contributed by atoms with Crippen molar-refractivity contribution in [2.75, 3.05) is 12.4 Å². The van der Waals surface area contributed by atoms with Crippen LogP contribution in [0.1, 0.15) is 10.4 Å². The molecular formula is C9H8N2O. The lowest BCUT2D eigenvalue weighted by atomic mass is 10.1. The van der Waals surface area contributed by atoms with E-state index < -0.39 is 0 Å². The standard InChI is InChI=1S/C9H8N2O/c1-10-9-8(12)6-4-2-3-5-7(6)11-9/h2-5H,1H3,(H,10,11,12). The number of hydrogen-bond donors (Lipinski definition) is 1. The third kappa shape index (κ3) is 0.830. The number of para-hydroxylation sites is 1. The molecule has 3 nitrogen and oxygen atoms in total. The SMILES string of the molecule is CN=C1Nc2ccccc2C1=O. The van der Waals surface area contributed by atoms with Crippen LogP contribution in [0.4, 0.5) is 5.69 Å². The monoisotopic (exact) mass is 160 g/mol. The molecule has 0 aliphatic carbocycles. The van der Waals surface area contributed by atoms with E-state index in [4.69, 9.17) is 0 Å². The number of nitrogens with one attached hydrogen (secondary N) is 1. The van der Waals surface area contributed by atoms with Crippen LogP contribution in [0, 0.1) is 0 Å². The zero-order chi connectivity index (χ0) is 8.55. The molecule has 1 N–H and O–H groups in total. The van der Waals surface area contributed by atoms with Crippen LogP contribution in [-0.4, -0.2) is 18.7 Å². The van der Waals surface area contributed by atoms with Crippen molar-refractivity contribution < 1.29 is 4.79 Å². The van der Waals surface area contributed by atoms with E-state index in [2.05, 4.69) is 10.3 Å². The summed E-state index contributed by atoms with van der Waals surface area (Å²) >= 11 is 0. The third-order valence-electron chi connectivity index (χ3n) is 1.86. The molecule has 0 atom stereocenters. The maximum atomic E-state index is 11.4. The van der Waals surface area contributed by atoms with Gasteiger partial charge in [0.25, 0.3) is 0 Å². The fraction of sp³-hybridized carbons (Fsp3) is 0.111. The van der Waals surface area contributed by atoms with Crippen molar-refractivity contribution >= 4 is 17.3 Å². The van der Waals surface area contributed by atoms with E-state index in [1.54, 1.807) is 13.1 Å². The number of nitrogens with zero attached hydrogens (tertiary/aromatic N) is 1. The minimum atomic E-state index is -0.0203. The van der Waals surface area contributed by atoms with Crippen LogP contribution in [0.15, 0.2) is 29.3 Å². The molecule has 1 heterocycles. The van der Waals surface area contributed by atoms with Crippen LogP contribution in [0.5, 0.6) is 0 Å². The molecule has 3 heteroatoms. The van der Waals surface area contributed by atoms with Gasteiger partial charge in [-0.3, -0.25) is 9.79 Å². The van der Waals surface area contributed by atoms with Gasteiger partial charge in [0.05, 0.1) is 5.69 Å². The average Bonchev–Trinajstić information content (AvgIpc) is 2.44. The van der Waals surface area contributed by atoms with Crippen molar-refractivity contribution in [3.8, 4) is 0 Å². The number of aliphatic imine (C=N–C) groups is 1. The van der Waals surface area contributed by atoms with Crippen LogP contribution >= 0.6 is 0 Å². The highest BCUT2D eigenvalue weighted by molar-refractivity contribution is 6.53. The summed E-state index contributed by atoms with van der Waals surface area (Å²) in [6.07, 6.45) is 0. The number of benzene rings is 1. The minimum Gasteiger partial charge on any atom is -0.337 e. The zero-order valence-corrected chi connectivity index (χ0v) is 6.66. The number of amidine groups is 1. The van der Waals surface area contributed by atoms with Gasteiger partial charge < -0.3 is 5.32 Å². The first-order chi connectivity index (χ1) is 5.83. The van der Waals surface area contributed by atoms with Gasteiger partial charge in [-0.15, -0.1) is 0 Å². The van der Waals surface area contributed by atoms with Gasteiger partial charge in [-0.25, -0.2) is 0 Å². The second-order valence-electron chi connectivity index (χ2n) is 2.57. The molecule has 0 amide bonds. The molecule has 12 heavy (non-hydrogen) atoms. The second-order valence-corrected chi connectivity index (χ2v) is 2.57. The molecule has 0 radical (unpaired) electrons. The molecule has 0 bridgehead atoms. The highest BCUT2D eigenvalue weighted by atomic mass is 16.1. The van der Waals surface area contributed by atoms with Gasteiger partial charge in [0.2, 0.25) is 5.78 Å². The first-order valence-corrected chi connectivity index (χ1v) is 3.70. The summed E-state index contributed by atoms with van der Waals surface area (Å²) in [5, 5.41) is 2.93. The summed E-state index contributed by atoms with van der Waals surface area (Å²) in [4.78, 5) is 15.3. The van der Waals surface area contributed by atoms with E-state index in [1.165, 1.54) is 0 Å². The van der Waals surface area contributed by atoms with Crippen LogP contribution in [0.3, 0.4) is 0 Å². The maximum absolute atomic E-state index is 11.4. The van der Waals surface area contributed by atoms with Gasteiger partial charge in [0.15, 0.2) is 5.84 Å². The molecule has 2 rings (SSSR count). The predicted molar refractivity (Wildman–Crippen MR) is 47.8 cm³/mol. The Morgan fingerprint density at radius 1 is 1.33 bits per heavy atom. The molecule has 1 aromatic carbocycles. The van der Waals surface area contributed by atoms with Gasteiger partial charge in [-0.2, -0.15) is 0 Å². The predicted octanol–water partition coefficient (Wildman–Crippen LogP) is 1.32. The molecule has 1 aliphatic rings. The summed E-state index contributed by atoms with van der Waals surface area (Å²) in [5.74, 6) is 0.407. The molecule has 0 aromatic heterocycles. The Morgan fingerprint density at radius 3 is 2.75 bits per heavy atom. The van der Waals surface area contributed by atoms with Crippen LogP contribution in [0.25, 0.3) is 0 Å². The maximum Gasteiger partial charge on any atom is 0.229 e. The molecule has 0 saturated heterocycles. The normalized spacial score (nSPS) is 17.8. The van der Waals surface area contributed by atoms with Gasteiger partial charge >= 0.3 is 0 Å². The number of Topliss-reactive ketones (excluding diaryl/α,β-unsaturated/α-hetero) is 1. The van der Waals surface area contributed by atoms with Gasteiger partial charge in [0, 0.05) is 12.6 Å². The zero-order valence-electron chi connectivity index (χ0n) is 6.66. The lowest BCUT2D eigenvalue weighted by molar-refractivity contribution is 0.107. The van der Waals surface area contributed by atoms with Gasteiger partial charge in [0.1, 0.15) is 0 Å². The summed E-state index contributed by atoms with van der Waals surface area (Å²) in [7, 11) is 1.60. The lowest BCUT2D eigenvalue weighted by Crippen LogP contribution is -2.13. The molecule has 60 valence electrons. The van der Waals surface area contributed by atoms with E-state index in [0.29, 0.717) is 11.4 Å². The number of carbonyl (C=O) groups excluding carboxylic acids is 1. The first kappa shape index (κ1) is 7.03. The van der Waals surface area contributed by atoms with Crippen molar-refractivity contribution in [3.63, 3.8) is 0 Å². The molecular weight excluding hydrogens is 152 g/mol. The van der Waals surface area contributed by atoms with E-state index in [-0.39, 0.29) is 5.78 Å². The van der Waals surface area contributed by atoms with Crippen LogP contribution in [-0.2, 0) is 0 Å². The molecule has 1 aliphatic heterocycles. The van der Waals surface area contributed by atoms with Gasteiger partial charge in [-0.05, 0) is 12.1 Å². The van der Waals surface area contributed by atoms with Crippen LogP contribution in [0.2, 0.25) is 0 Å². The summed E-state index contributed by atoms with van der Waals surface area (Å²) in [6, 6.07) is 7.39. The Labute approximate surface area is 70.1 Å². The van der Waals surface area contributed by atoms with Crippen molar-refractivity contribution in [3.05, 3.63) is 29.8 Å². The molecule has 1 aromatic rings. The third-order valence-corrected chi connectivity index (χ3v) is 1.86. The molecule has 0 fully saturated rings. The Kier molecular flexibility index (Phi) is 1.43. The number of rotatable bonds is 0. The number of hydrogen-bond acceptors (Lipinski definition) is 2. The fourth-order valence-electron chi connectivity index (χ4n) is 1.26. The van der Waals surface area contributed by atoms with E-state index >= 15 is 0 Å². The summed E-state index contributed by atoms with van der Waals surface area (Å²) in [5.41, 5.74) is 1.56. The summed E-state index contributed by atoms with van der Waals surface area (Å²) < 4.78 is 0. The number of anilines is 1. The topological polar surface area (TPSA) is 41.5 Å². The van der Waals surface area contributed by atoms with Gasteiger partial charge in [-0.1, -0.05) is 12.1 Å².